The average Bonchev–Trinajstić information content (AvgIpc) is 2.68. The van der Waals surface area contributed by atoms with Crippen molar-refractivity contribution < 1.29 is 54.4 Å². The molecule has 2 heterocycles. The van der Waals surface area contributed by atoms with Crippen LogP contribution in [0.3, 0.4) is 0 Å². The summed E-state index contributed by atoms with van der Waals surface area (Å²) in [4.78, 5) is 11.3. The van der Waals surface area contributed by atoms with E-state index >= 15 is 0 Å². The van der Waals surface area contributed by atoms with Gasteiger partial charge in [0, 0.05) is 6.92 Å². The standard InChI is InChI=1S/C17H27NO11/c1-3-4-26-15-11(22)8(5-19)28-17(13(15)24)29-14-9(6-20)27-16(25)10(12(14)23)18-7(2)21/h1,8-17,19-20,22-25H,4-6H2,2H3,(H,18,21)/t8-,9-,10-,11+,12-,13-,14-,15+,16+,17+/m1/s1. The summed E-state index contributed by atoms with van der Waals surface area (Å²) in [5, 5.41) is 62.5. The largest absolute Gasteiger partial charge is 0.394 e. The molecule has 2 rings (SSSR count). The maximum absolute atomic E-state index is 11.3. The van der Waals surface area contributed by atoms with E-state index in [0.717, 1.165) is 0 Å². The highest BCUT2D eigenvalue weighted by Gasteiger charge is 2.51. The smallest absolute Gasteiger partial charge is 0.217 e. The number of rotatable bonds is 7. The van der Waals surface area contributed by atoms with Crippen molar-refractivity contribution in [2.75, 3.05) is 19.8 Å². The summed E-state index contributed by atoms with van der Waals surface area (Å²) >= 11 is 0. The van der Waals surface area contributed by atoms with Gasteiger partial charge in [-0.05, 0) is 0 Å². The molecule has 2 aliphatic heterocycles. The number of carbonyl (C=O) groups is 1. The Balaban J connectivity index is 2.20. The van der Waals surface area contributed by atoms with Gasteiger partial charge < -0.3 is 54.9 Å². The van der Waals surface area contributed by atoms with Gasteiger partial charge >= 0.3 is 0 Å². The van der Waals surface area contributed by atoms with Crippen molar-refractivity contribution in [3.63, 3.8) is 0 Å². The van der Waals surface area contributed by atoms with Gasteiger partial charge in [0.15, 0.2) is 12.6 Å². The van der Waals surface area contributed by atoms with E-state index in [1.807, 2.05) is 0 Å². The molecule has 0 saturated carbocycles. The molecule has 0 aromatic rings. The first-order chi connectivity index (χ1) is 13.7. The first-order valence-electron chi connectivity index (χ1n) is 8.97. The van der Waals surface area contributed by atoms with E-state index in [9.17, 15) is 35.4 Å². The molecule has 0 aromatic heterocycles. The molecule has 12 nitrogen and oxygen atoms in total. The fraction of sp³-hybridized carbons (Fsp3) is 0.824. The summed E-state index contributed by atoms with van der Waals surface area (Å²) in [6.07, 6.45) is -7.64. The molecule has 0 spiro atoms. The van der Waals surface area contributed by atoms with Crippen molar-refractivity contribution in [2.24, 2.45) is 0 Å². The van der Waals surface area contributed by atoms with Gasteiger partial charge in [-0.25, -0.2) is 0 Å². The molecule has 2 aliphatic rings. The Morgan fingerprint density at radius 1 is 1.03 bits per heavy atom. The number of amides is 1. The molecule has 2 saturated heterocycles. The highest BCUT2D eigenvalue weighted by molar-refractivity contribution is 5.73. The van der Waals surface area contributed by atoms with Gasteiger partial charge in [0.05, 0.1) is 13.2 Å². The number of aliphatic hydroxyl groups excluding tert-OH is 6. The Morgan fingerprint density at radius 3 is 2.24 bits per heavy atom. The first-order valence-corrected chi connectivity index (χ1v) is 8.97. The number of terminal acetylenes is 1. The minimum atomic E-state index is -1.62. The molecule has 7 N–H and O–H groups in total. The van der Waals surface area contributed by atoms with Gasteiger partial charge in [0.2, 0.25) is 5.91 Å². The molecule has 166 valence electrons. The second-order valence-electron chi connectivity index (χ2n) is 6.75. The summed E-state index contributed by atoms with van der Waals surface area (Å²) < 4.78 is 21.4. The molecule has 0 bridgehead atoms. The van der Waals surface area contributed by atoms with Crippen molar-refractivity contribution in [1.82, 2.24) is 5.32 Å². The van der Waals surface area contributed by atoms with Crippen LogP contribution in [0.4, 0.5) is 0 Å². The van der Waals surface area contributed by atoms with Crippen molar-refractivity contribution in [2.45, 2.75) is 68.3 Å². The van der Waals surface area contributed by atoms with E-state index < -0.39 is 80.5 Å². The Morgan fingerprint density at radius 2 is 1.69 bits per heavy atom. The monoisotopic (exact) mass is 421 g/mol. The fourth-order valence-corrected chi connectivity index (χ4v) is 3.30. The molecular weight excluding hydrogens is 394 g/mol. The highest BCUT2D eigenvalue weighted by Crippen LogP contribution is 2.29. The maximum atomic E-state index is 11.3. The van der Waals surface area contributed by atoms with Crippen LogP contribution in [-0.4, -0.2) is 118 Å². The zero-order valence-electron chi connectivity index (χ0n) is 15.7. The first kappa shape index (κ1) is 23.9. The van der Waals surface area contributed by atoms with E-state index in [-0.39, 0.29) is 6.61 Å². The van der Waals surface area contributed by atoms with Crippen molar-refractivity contribution >= 4 is 5.91 Å². The van der Waals surface area contributed by atoms with Crippen LogP contribution in [0.15, 0.2) is 0 Å². The second-order valence-corrected chi connectivity index (χ2v) is 6.75. The van der Waals surface area contributed by atoms with Crippen LogP contribution in [0, 0.1) is 12.3 Å². The topological polar surface area (TPSA) is 187 Å². The summed E-state index contributed by atoms with van der Waals surface area (Å²) in [7, 11) is 0. The predicted octanol–water partition coefficient (Wildman–Crippen LogP) is -4.60. The number of nitrogens with one attached hydrogen (secondary N) is 1. The highest BCUT2D eigenvalue weighted by atomic mass is 16.7. The lowest BCUT2D eigenvalue weighted by Gasteiger charge is -2.46. The molecule has 0 aliphatic carbocycles. The molecule has 2 fully saturated rings. The Labute approximate surface area is 166 Å². The molecule has 0 unspecified atom stereocenters. The van der Waals surface area contributed by atoms with E-state index in [1.54, 1.807) is 0 Å². The lowest BCUT2D eigenvalue weighted by atomic mass is 9.95. The number of carbonyl (C=O) groups excluding carboxylic acids is 1. The van der Waals surface area contributed by atoms with E-state index in [4.69, 9.17) is 25.4 Å². The van der Waals surface area contributed by atoms with Crippen molar-refractivity contribution in [3.05, 3.63) is 0 Å². The van der Waals surface area contributed by atoms with Crippen LogP contribution in [0.1, 0.15) is 6.92 Å². The maximum Gasteiger partial charge on any atom is 0.217 e. The lowest BCUT2D eigenvalue weighted by Crippen LogP contribution is -2.67. The van der Waals surface area contributed by atoms with Crippen LogP contribution < -0.4 is 5.32 Å². The Hall–Kier alpha value is -1.37. The van der Waals surface area contributed by atoms with Gasteiger partial charge in [0.25, 0.3) is 0 Å². The number of aliphatic hydroxyl groups is 6. The third kappa shape index (κ3) is 5.41. The molecule has 0 aromatic carbocycles. The van der Waals surface area contributed by atoms with Crippen LogP contribution >= 0.6 is 0 Å². The molecule has 1 amide bonds. The molecule has 12 heteroatoms. The van der Waals surface area contributed by atoms with Crippen LogP contribution in [0.2, 0.25) is 0 Å². The third-order valence-corrected chi connectivity index (χ3v) is 4.71. The van der Waals surface area contributed by atoms with Crippen LogP contribution in [0.5, 0.6) is 0 Å². The molecule has 10 atom stereocenters. The normalized spacial score (nSPS) is 42.8. The predicted molar refractivity (Wildman–Crippen MR) is 92.8 cm³/mol. The molecule has 29 heavy (non-hydrogen) atoms. The van der Waals surface area contributed by atoms with Crippen molar-refractivity contribution in [3.8, 4) is 12.3 Å². The van der Waals surface area contributed by atoms with Gasteiger partial charge in [-0.2, -0.15) is 0 Å². The quantitative estimate of drug-likeness (QED) is 0.196. The third-order valence-electron chi connectivity index (χ3n) is 4.71. The average molecular weight is 421 g/mol. The van der Waals surface area contributed by atoms with Crippen molar-refractivity contribution in [1.29, 1.82) is 0 Å². The van der Waals surface area contributed by atoms with Gasteiger partial charge in [-0.3, -0.25) is 4.79 Å². The molecule has 0 radical (unpaired) electrons. The summed E-state index contributed by atoms with van der Waals surface area (Å²) in [6, 6.07) is -1.28. The van der Waals surface area contributed by atoms with Crippen LogP contribution in [-0.2, 0) is 23.7 Å². The van der Waals surface area contributed by atoms with Gasteiger partial charge in [-0.15, -0.1) is 6.42 Å². The fourth-order valence-electron chi connectivity index (χ4n) is 3.30. The minimum absolute atomic E-state index is 0.241. The van der Waals surface area contributed by atoms with E-state index in [1.165, 1.54) is 6.92 Å². The number of hydrogen-bond acceptors (Lipinski definition) is 11. The van der Waals surface area contributed by atoms with Gasteiger partial charge in [-0.1, -0.05) is 5.92 Å². The van der Waals surface area contributed by atoms with Crippen LogP contribution in [0.25, 0.3) is 0 Å². The van der Waals surface area contributed by atoms with E-state index in [2.05, 4.69) is 11.2 Å². The number of hydrogen-bond donors (Lipinski definition) is 7. The summed E-state index contributed by atoms with van der Waals surface area (Å²) in [6.45, 7) is -0.377. The molecular formula is C17H27NO11. The van der Waals surface area contributed by atoms with E-state index in [0.29, 0.717) is 0 Å². The summed E-state index contributed by atoms with van der Waals surface area (Å²) in [5.74, 6) is 1.63. The Bertz CT molecular complexity index is 584. The summed E-state index contributed by atoms with van der Waals surface area (Å²) in [5.41, 5.74) is 0. The zero-order valence-corrected chi connectivity index (χ0v) is 15.7. The minimum Gasteiger partial charge on any atom is -0.394 e. The Kier molecular flexibility index (Phi) is 8.73. The second kappa shape index (κ2) is 10.6. The lowest BCUT2D eigenvalue weighted by molar-refractivity contribution is -0.347. The number of ether oxygens (including phenoxy) is 4. The van der Waals surface area contributed by atoms with Gasteiger partial charge in [0.1, 0.15) is 55.4 Å². The SMILES string of the molecule is C#CCO[C@H]1[C@@H](O)[C@@H](CO)O[C@@H](O[C@H]2[C@H](O)[C@@H](NC(C)=O)[C@@H](O)O[C@@H]2CO)[C@@H]1O. The zero-order chi connectivity index (χ0) is 21.7.